The molecule has 17 heavy (non-hydrogen) atoms. The Balaban J connectivity index is 2.01. The molecule has 4 heteroatoms. The molecule has 1 aliphatic heterocycles. The van der Waals surface area contributed by atoms with E-state index in [9.17, 15) is 5.11 Å². The maximum absolute atomic E-state index is 9.54. The second kappa shape index (κ2) is 5.89. The summed E-state index contributed by atoms with van der Waals surface area (Å²) >= 11 is 0. The molecule has 0 aliphatic carbocycles. The second-order valence-corrected chi connectivity index (χ2v) is 4.24. The van der Waals surface area contributed by atoms with Crippen LogP contribution in [0, 0.1) is 0 Å². The third kappa shape index (κ3) is 3.11. The van der Waals surface area contributed by atoms with Gasteiger partial charge in [0.15, 0.2) is 0 Å². The first-order valence-corrected chi connectivity index (χ1v) is 5.97. The van der Waals surface area contributed by atoms with Gasteiger partial charge in [-0.3, -0.25) is 0 Å². The molecule has 1 atom stereocenters. The van der Waals surface area contributed by atoms with Crippen molar-refractivity contribution in [3.63, 3.8) is 0 Å². The summed E-state index contributed by atoms with van der Waals surface area (Å²) in [4.78, 5) is 0. The van der Waals surface area contributed by atoms with E-state index < -0.39 is 6.10 Å². The van der Waals surface area contributed by atoms with E-state index >= 15 is 0 Å². The van der Waals surface area contributed by atoms with Gasteiger partial charge in [-0.15, -0.1) is 0 Å². The lowest BCUT2D eigenvalue weighted by molar-refractivity contribution is 0.0327. The average Bonchev–Trinajstić information content (AvgIpc) is 2.36. The maximum Gasteiger partial charge on any atom is 0.142 e. The van der Waals surface area contributed by atoms with E-state index in [-0.39, 0.29) is 6.61 Å². The predicted molar refractivity (Wildman–Crippen MR) is 66.6 cm³/mol. The molecule has 0 bridgehead atoms. The Morgan fingerprint density at radius 1 is 1.41 bits per heavy atom. The topological polar surface area (TPSA) is 50.7 Å². The summed E-state index contributed by atoms with van der Waals surface area (Å²) < 4.78 is 10.5. The summed E-state index contributed by atoms with van der Waals surface area (Å²) in [6, 6.07) is 6.03. The van der Waals surface area contributed by atoms with E-state index in [1.165, 1.54) is 5.56 Å². The number of hydrogen-bond donors (Lipinski definition) is 2. The molecular weight excluding hydrogens is 218 g/mol. The number of nitrogens with one attached hydrogen (secondary N) is 1. The Kier molecular flexibility index (Phi) is 4.23. The fraction of sp³-hybridized carbons (Fsp3) is 0.538. The van der Waals surface area contributed by atoms with Gasteiger partial charge in [0.25, 0.3) is 0 Å². The van der Waals surface area contributed by atoms with Crippen molar-refractivity contribution in [3.8, 4) is 5.75 Å². The van der Waals surface area contributed by atoms with E-state index in [1.807, 2.05) is 12.1 Å². The SMILES string of the molecule is COCC(O)COc1cccc2c1NCCC2. The Morgan fingerprint density at radius 3 is 3.12 bits per heavy atom. The van der Waals surface area contributed by atoms with Crippen LogP contribution in [0.2, 0.25) is 0 Å². The van der Waals surface area contributed by atoms with Crippen LogP contribution in [0.5, 0.6) is 5.75 Å². The van der Waals surface area contributed by atoms with Crippen LogP contribution in [0.3, 0.4) is 0 Å². The summed E-state index contributed by atoms with van der Waals surface area (Å²) in [6.45, 7) is 1.53. The average molecular weight is 237 g/mol. The molecule has 94 valence electrons. The number of anilines is 1. The fourth-order valence-electron chi connectivity index (χ4n) is 2.02. The van der Waals surface area contributed by atoms with Gasteiger partial charge in [0, 0.05) is 13.7 Å². The fourth-order valence-corrected chi connectivity index (χ4v) is 2.02. The molecule has 2 rings (SSSR count). The zero-order valence-electron chi connectivity index (χ0n) is 10.1. The van der Waals surface area contributed by atoms with Crippen LogP contribution >= 0.6 is 0 Å². The molecule has 0 amide bonds. The van der Waals surface area contributed by atoms with Gasteiger partial charge in [0.2, 0.25) is 0 Å². The molecule has 4 nitrogen and oxygen atoms in total. The summed E-state index contributed by atoms with van der Waals surface area (Å²) in [5, 5.41) is 12.9. The van der Waals surface area contributed by atoms with Gasteiger partial charge in [0.1, 0.15) is 18.5 Å². The lowest BCUT2D eigenvalue weighted by Gasteiger charge is -2.21. The van der Waals surface area contributed by atoms with E-state index in [0.717, 1.165) is 30.8 Å². The van der Waals surface area contributed by atoms with Crippen molar-refractivity contribution in [1.29, 1.82) is 0 Å². The van der Waals surface area contributed by atoms with Crippen LogP contribution in [0.1, 0.15) is 12.0 Å². The molecule has 1 aromatic rings. The number of fused-ring (bicyclic) bond motifs is 1. The summed E-state index contributed by atoms with van der Waals surface area (Å²) in [5.74, 6) is 0.817. The highest BCUT2D eigenvalue weighted by Crippen LogP contribution is 2.31. The number of aryl methyl sites for hydroxylation is 1. The van der Waals surface area contributed by atoms with Gasteiger partial charge in [-0.2, -0.15) is 0 Å². The zero-order chi connectivity index (χ0) is 12.1. The van der Waals surface area contributed by atoms with Crippen molar-refractivity contribution >= 4 is 5.69 Å². The first kappa shape index (κ1) is 12.2. The number of aliphatic hydroxyl groups is 1. The first-order valence-electron chi connectivity index (χ1n) is 5.97. The molecule has 0 aromatic heterocycles. The van der Waals surface area contributed by atoms with Crippen molar-refractivity contribution in [2.24, 2.45) is 0 Å². The summed E-state index contributed by atoms with van der Waals surface area (Å²) in [7, 11) is 1.56. The van der Waals surface area contributed by atoms with Crippen LogP contribution in [0.15, 0.2) is 18.2 Å². The number of ether oxygens (including phenoxy) is 2. The molecule has 0 saturated carbocycles. The van der Waals surface area contributed by atoms with E-state index in [0.29, 0.717) is 6.61 Å². The van der Waals surface area contributed by atoms with Gasteiger partial charge >= 0.3 is 0 Å². The highest BCUT2D eigenvalue weighted by atomic mass is 16.5. The van der Waals surface area contributed by atoms with Crippen molar-refractivity contribution in [2.75, 3.05) is 32.2 Å². The van der Waals surface area contributed by atoms with E-state index in [1.54, 1.807) is 7.11 Å². The zero-order valence-corrected chi connectivity index (χ0v) is 10.1. The maximum atomic E-state index is 9.54. The number of methoxy groups -OCH3 is 1. The first-order chi connectivity index (χ1) is 8.31. The van der Waals surface area contributed by atoms with Crippen LogP contribution in [-0.4, -0.2) is 38.1 Å². The molecule has 1 unspecified atom stereocenters. The molecule has 0 fully saturated rings. The summed E-state index contributed by atoms with van der Waals surface area (Å²) in [5.41, 5.74) is 2.36. The number of aliphatic hydroxyl groups excluding tert-OH is 1. The van der Waals surface area contributed by atoms with Gasteiger partial charge in [-0.05, 0) is 24.5 Å². The minimum atomic E-state index is -0.584. The quantitative estimate of drug-likeness (QED) is 0.813. The molecule has 1 heterocycles. The highest BCUT2D eigenvalue weighted by Gasteiger charge is 2.14. The third-order valence-electron chi connectivity index (χ3n) is 2.83. The van der Waals surface area contributed by atoms with E-state index in [2.05, 4.69) is 11.4 Å². The molecule has 2 N–H and O–H groups in total. The number of benzene rings is 1. The minimum absolute atomic E-state index is 0.256. The third-order valence-corrected chi connectivity index (χ3v) is 2.83. The van der Waals surface area contributed by atoms with Gasteiger partial charge in [-0.25, -0.2) is 0 Å². The van der Waals surface area contributed by atoms with Crippen molar-refractivity contribution in [2.45, 2.75) is 18.9 Å². The standard InChI is InChI=1S/C13H19NO3/c1-16-8-11(15)9-17-12-6-2-4-10-5-3-7-14-13(10)12/h2,4,6,11,14-15H,3,5,7-9H2,1H3. The van der Waals surface area contributed by atoms with Gasteiger partial charge in [0.05, 0.1) is 12.3 Å². The van der Waals surface area contributed by atoms with Crippen LogP contribution in [0.4, 0.5) is 5.69 Å². The lowest BCUT2D eigenvalue weighted by Crippen LogP contribution is -2.23. The van der Waals surface area contributed by atoms with Gasteiger partial charge in [-0.1, -0.05) is 12.1 Å². The van der Waals surface area contributed by atoms with E-state index in [4.69, 9.17) is 9.47 Å². The van der Waals surface area contributed by atoms with Gasteiger partial charge < -0.3 is 19.9 Å². The molecule has 1 aliphatic rings. The normalized spacial score (nSPS) is 15.9. The Hall–Kier alpha value is -1.26. The van der Waals surface area contributed by atoms with Crippen LogP contribution in [-0.2, 0) is 11.2 Å². The smallest absolute Gasteiger partial charge is 0.142 e. The molecule has 1 aromatic carbocycles. The monoisotopic (exact) mass is 237 g/mol. The predicted octanol–water partition coefficient (Wildman–Crippen LogP) is 1.43. The minimum Gasteiger partial charge on any atom is -0.489 e. The van der Waals surface area contributed by atoms with Crippen molar-refractivity contribution < 1.29 is 14.6 Å². The highest BCUT2D eigenvalue weighted by molar-refractivity contribution is 5.63. The molecule has 0 radical (unpaired) electrons. The van der Waals surface area contributed by atoms with Crippen molar-refractivity contribution in [3.05, 3.63) is 23.8 Å². The Labute approximate surface area is 102 Å². The summed E-state index contributed by atoms with van der Waals surface area (Å²) in [6.07, 6.45) is 1.66. The number of rotatable bonds is 5. The second-order valence-electron chi connectivity index (χ2n) is 4.24. The van der Waals surface area contributed by atoms with Crippen LogP contribution < -0.4 is 10.1 Å². The largest absolute Gasteiger partial charge is 0.489 e. The van der Waals surface area contributed by atoms with Crippen molar-refractivity contribution in [1.82, 2.24) is 0 Å². The number of hydrogen-bond acceptors (Lipinski definition) is 4. The number of para-hydroxylation sites is 1. The van der Waals surface area contributed by atoms with Crippen LogP contribution in [0.25, 0.3) is 0 Å². The molecule has 0 spiro atoms. The lowest BCUT2D eigenvalue weighted by atomic mass is 10.0. The Morgan fingerprint density at radius 2 is 2.29 bits per heavy atom. The Bertz CT molecular complexity index is 368. The molecule has 0 saturated heterocycles. The molecular formula is C13H19NO3.